The van der Waals surface area contributed by atoms with Crippen molar-refractivity contribution in [3.05, 3.63) is 64.2 Å². The van der Waals surface area contributed by atoms with Gasteiger partial charge in [0.1, 0.15) is 23.4 Å². The van der Waals surface area contributed by atoms with E-state index in [4.69, 9.17) is 9.47 Å². The highest BCUT2D eigenvalue weighted by atomic mass is 16.5. The zero-order valence-electron chi connectivity index (χ0n) is 17.4. The molecule has 0 aromatic heterocycles. The Hall–Kier alpha value is -4.20. The maximum Gasteiger partial charge on any atom is 0.308 e. The normalized spacial score (nSPS) is 13.3. The molecule has 0 heterocycles. The number of esters is 2. The van der Waals surface area contributed by atoms with Crippen LogP contribution in [0.1, 0.15) is 64.3 Å². The van der Waals surface area contributed by atoms with Crippen LogP contribution in [0.4, 0.5) is 0 Å². The molecule has 0 aliphatic heterocycles. The van der Waals surface area contributed by atoms with Crippen molar-refractivity contribution < 1.29 is 38.9 Å². The van der Waals surface area contributed by atoms with Gasteiger partial charge in [0.25, 0.3) is 0 Å². The Labute approximate surface area is 182 Å². The fourth-order valence-corrected chi connectivity index (χ4v) is 3.94. The van der Waals surface area contributed by atoms with Crippen LogP contribution >= 0.6 is 0 Å². The molecule has 3 aromatic rings. The van der Waals surface area contributed by atoms with Crippen LogP contribution in [0.5, 0.6) is 17.2 Å². The molecule has 162 valence electrons. The average molecular weight is 434 g/mol. The molecule has 8 nitrogen and oxygen atoms in total. The van der Waals surface area contributed by atoms with Crippen molar-refractivity contribution in [3.8, 4) is 17.2 Å². The summed E-state index contributed by atoms with van der Waals surface area (Å²) in [5.41, 5.74) is -0.402. The Morgan fingerprint density at radius 1 is 0.844 bits per heavy atom. The predicted octanol–water partition coefficient (Wildman–Crippen LogP) is 3.58. The Balaban J connectivity index is 1.97. The number of ketones is 2. The Morgan fingerprint density at radius 2 is 1.50 bits per heavy atom. The number of rotatable bonds is 3. The molecule has 0 unspecified atom stereocenters. The molecule has 0 bridgehead atoms. The Bertz CT molecular complexity index is 1350. The highest BCUT2D eigenvalue weighted by molar-refractivity contribution is 6.33. The third-order valence-corrected chi connectivity index (χ3v) is 5.30. The summed E-state index contributed by atoms with van der Waals surface area (Å²) >= 11 is 0. The molecular formula is C24H18O8. The minimum Gasteiger partial charge on any atom is -0.506 e. The molecular weight excluding hydrogens is 416 g/mol. The van der Waals surface area contributed by atoms with Gasteiger partial charge in [-0.3, -0.25) is 19.2 Å². The lowest BCUT2D eigenvalue weighted by Crippen LogP contribution is -2.23. The van der Waals surface area contributed by atoms with Crippen molar-refractivity contribution in [2.45, 2.75) is 26.9 Å². The van der Waals surface area contributed by atoms with Gasteiger partial charge in [-0.1, -0.05) is 24.3 Å². The SMILES string of the molecule is CC(=O)Oc1cccc2c1C(=O)c1c(c(O)c3cc([C@H](C)OC(C)=O)ccc3c1O)C2=O. The van der Waals surface area contributed by atoms with Crippen molar-refractivity contribution >= 4 is 34.3 Å². The second kappa shape index (κ2) is 7.49. The first-order valence-electron chi connectivity index (χ1n) is 9.71. The van der Waals surface area contributed by atoms with Gasteiger partial charge in [-0.15, -0.1) is 0 Å². The van der Waals surface area contributed by atoms with E-state index in [0.717, 1.165) is 6.92 Å². The minimum atomic E-state index is -0.751. The monoisotopic (exact) mass is 434 g/mol. The fraction of sp³-hybridized carbons (Fsp3) is 0.167. The molecule has 1 atom stereocenters. The first-order valence-corrected chi connectivity index (χ1v) is 9.71. The van der Waals surface area contributed by atoms with Crippen molar-refractivity contribution in [2.24, 2.45) is 0 Å². The molecule has 1 aliphatic carbocycles. The van der Waals surface area contributed by atoms with Crippen LogP contribution in [-0.4, -0.2) is 33.7 Å². The maximum absolute atomic E-state index is 13.3. The molecule has 0 spiro atoms. The number of carbonyl (C=O) groups is 4. The number of hydrogen-bond acceptors (Lipinski definition) is 8. The third kappa shape index (κ3) is 3.17. The number of benzene rings is 3. The number of phenolic OH excluding ortho intramolecular Hbond substituents is 2. The first kappa shape index (κ1) is 21.0. The van der Waals surface area contributed by atoms with Gasteiger partial charge in [-0.2, -0.15) is 0 Å². The van der Waals surface area contributed by atoms with Crippen LogP contribution in [0.15, 0.2) is 36.4 Å². The van der Waals surface area contributed by atoms with Crippen LogP contribution in [0.25, 0.3) is 10.8 Å². The number of ether oxygens (including phenoxy) is 2. The molecule has 0 fully saturated rings. The van der Waals surface area contributed by atoms with Crippen LogP contribution in [0, 0.1) is 0 Å². The van der Waals surface area contributed by atoms with E-state index in [1.54, 1.807) is 13.0 Å². The average Bonchev–Trinajstić information content (AvgIpc) is 2.73. The lowest BCUT2D eigenvalue weighted by molar-refractivity contribution is -0.145. The summed E-state index contributed by atoms with van der Waals surface area (Å²) in [5.74, 6) is -3.69. The molecule has 8 heteroatoms. The van der Waals surface area contributed by atoms with E-state index in [1.165, 1.54) is 37.3 Å². The van der Waals surface area contributed by atoms with Gasteiger partial charge >= 0.3 is 11.9 Å². The van der Waals surface area contributed by atoms with Crippen LogP contribution < -0.4 is 4.74 Å². The molecule has 32 heavy (non-hydrogen) atoms. The molecule has 0 saturated heterocycles. The van der Waals surface area contributed by atoms with E-state index in [1.807, 2.05) is 0 Å². The van der Waals surface area contributed by atoms with Gasteiger partial charge in [0.2, 0.25) is 5.78 Å². The van der Waals surface area contributed by atoms with Gasteiger partial charge in [0.15, 0.2) is 5.78 Å². The summed E-state index contributed by atoms with van der Waals surface area (Å²) in [4.78, 5) is 49.2. The number of hydrogen-bond donors (Lipinski definition) is 2. The molecule has 0 radical (unpaired) electrons. The molecule has 0 amide bonds. The van der Waals surface area contributed by atoms with Gasteiger partial charge in [-0.25, -0.2) is 0 Å². The fourth-order valence-electron chi connectivity index (χ4n) is 3.94. The van der Waals surface area contributed by atoms with E-state index < -0.39 is 41.1 Å². The lowest BCUT2D eigenvalue weighted by atomic mass is 9.80. The molecule has 4 rings (SSSR count). The second-order valence-corrected chi connectivity index (χ2v) is 7.43. The smallest absolute Gasteiger partial charge is 0.308 e. The highest BCUT2D eigenvalue weighted by Crippen LogP contribution is 2.46. The zero-order valence-corrected chi connectivity index (χ0v) is 17.4. The number of aromatic hydroxyl groups is 2. The molecule has 0 saturated carbocycles. The summed E-state index contributed by atoms with van der Waals surface area (Å²) in [6, 6.07) is 8.73. The van der Waals surface area contributed by atoms with Gasteiger partial charge in [0, 0.05) is 30.2 Å². The molecule has 3 aromatic carbocycles. The Kier molecular flexibility index (Phi) is 4.93. The van der Waals surface area contributed by atoms with Crippen LogP contribution in [0.2, 0.25) is 0 Å². The van der Waals surface area contributed by atoms with E-state index in [0.29, 0.717) is 5.56 Å². The van der Waals surface area contributed by atoms with Crippen molar-refractivity contribution in [1.29, 1.82) is 0 Å². The standard InChI is InChI=1S/C24H18O8/c1-10(31-11(2)25)13-7-8-14-16(9-13)23(29)19-20(21(14)27)24(30)18-15(22(19)28)5-4-6-17(18)32-12(3)26/h4-10,27,29H,1-3H3/t10-/m0/s1. The number of phenols is 2. The van der Waals surface area contributed by atoms with E-state index in [2.05, 4.69) is 0 Å². The van der Waals surface area contributed by atoms with Gasteiger partial charge in [0.05, 0.1) is 16.7 Å². The van der Waals surface area contributed by atoms with Gasteiger partial charge in [-0.05, 0) is 24.6 Å². The minimum absolute atomic E-state index is 0.0558. The summed E-state index contributed by atoms with van der Waals surface area (Å²) in [6.45, 7) is 4.07. The van der Waals surface area contributed by atoms with Gasteiger partial charge < -0.3 is 19.7 Å². The summed E-state index contributed by atoms with van der Waals surface area (Å²) in [6.07, 6.45) is -0.640. The van der Waals surface area contributed by atoms with Crippen molar-refractivity contribution in [3.63, 3.8) is 0 Å². The predicted molar refractivity (Wildman–Crippen MR) is 112 cm³/mol. The molecule has 2 N–H and O–H groups in total. The molecule has 1 aliphatic rings. The lowest BCUT2D eigenvalue weighted by Gasteiger charge is -2.23. The largest absolute Gasteiger partial charge is 0.506 e. The summed E-state index contributed by atoms with van der Waals surface area (Å²) in [5, 5.41) is 22.1. The highest BCUT2D eigenvalue weighted by Gasteiger charge is 2.38. The van der Waals surface area contributed by atoms with E-state index in [-0.39, 0.29) is 38.8 Å². The van der Waals surface area contributed by atoms with E-state index >= 15 is 0 Å². The van der Waals surface area contributed by atoms with Crippen LogP contribution in [-0.2, 0) is 14.3 Å². The Morgan fingerprint density at radius 3 is 2.16 bits per heavy atom. The van der Waals surface area contributed by atoms with Crippen LogP contribution in [0.3, 0.4) is 0 Å². The quantitative estimate of drug-likeness (QED) is 0.285. The second-order valence-electron chi connectivity index (χ2n) is 7.43. The summed E-state index contributed by atoms with van der Waals surface area (Å²) < 4.78 is 10.2. The maximum atomic E-state index is 13.3. The zero-order chi connectivity index (χ0) is 23.3. The number of fused-ring (bicyclic) bond motifs is 3. The van der Waals surface area contributed by atoms with E-state index in [9.17, 15) is 29.4 Å². The first-order chi connectivity index (χ1) is 15.1. The van der Waals surface area contributed by atoms with Crippen molar-refractivity contribution in [1.82, 2.24) is 0 Å². The summed E-state index contributed by atoms with van der Waals surface area (Å²) in [7, 11) is 0. The number of carbonyl (C=O) groups excluding carboxylic acids is 4. The third-order valence-electron chi connectivity index (χ3n) is 5.30. The topological polar surface area (TPSA) is 127 Å². The van der Waals surface area contributed by atoms with Crippen molar-refractivity contribution in [2.75, 3.05) is 0 Å².